The van der Waals surface area contributed by atoms with E-state index in [9.17, 15) is 0 Å². The highest BCUT2D eigenvalue weighted by molar-refractivity contribution is 5.15. The van der Waals surface area contributed by atoms with Gasteiger partial charge >= 0.3 is 0 Å². The maximum absolute atomic E-state index is 2.52. The third-order valence-electron chi connectivity index (χ3n) is 3.49. The Morgan fingerprint density at radius 3 is 2.69 bits per heavy atom. The summed E-state index contributed by atoms with van der Waals surface area (Å²) < 4.78 is 0. The van der Waals surface area contributed by atoms with Gasteiger partial charge in [0.1, 0.15) is 0 Å². The zero-order valence-corrected chi connectivity index (χ0v) is 8.68. The Morgan fingerprint density at radius 1 is 1.15 bits per heavy atom. The van der Waals surface area contributed by atoms with Crippen molar-refractivity contribution in [1.82, 2.24) is 0 Å². The van der Waals surface area contributed by atoms with Crippen molar-refractivity contribution in [2.45, 2.75) is 51.9 Å². The minimum atomic E-state index is 0.906. The molecule has 0 amide bonds. The molecule has 0 saturated heterocycles. The van der Waals surface area contributed by atoms with E-state index in [4.69, 9.17) is 0 Å². The molecule has 0 aliphatic heterocycles. The molecule has 2 aliphatic carbocycles. The Hall–Kier alpha value is -0.520. The van der Waals surface area contributed by atoms with Gasteiger partial charge in [0.2, 0.25) is 0 Å². The average molecular weight is 176 g/mol. The summed E-state index contributed by atoms with van der Waals surface area (Å²) in [4.78, 5) is 0. The lowest BCUT2D eigenvalue weighted by Crippen LogP contribution is -2.09. The summed E-state index contributed by atoms with van der Waals surface area (Å²) in [7, 11) is 0. The third-order valence-corrected chi connectivity index (χ3v) is 3.49. The van der Waals surface area contributed by atoms with Crippen LogP contribution < -0.4 is 0 Å². The molecule has 1 atom stereocenters. The molecule has 0 nitrogen and oxygen atoms in total. The molecule has 1 unspecified atom stereocenters. The van der Waals surface area contributed by atoms with Crippen molar-refractivity contribution < 1.29 is 0 Å². The van der Waals surface area contributed by atoms with Gasteiger partial charge in [0.05, 0.1) is 0 Å². The molecule has 0 fully saturated rings. The van der Waals surface area contributed by atoms with Gasteiger partial charge in [0.25, 0.3) is 0 Å². The smallest absolute Gasteiger partial charge is 0.0166 e. The van der Waals surface area contributed by atoms with Crippen molar-refractivity contribution in [1.29, 1.82) is 0 Å². The molecular formula is C13H20. The van der Waals surface area contributed by atoms with E-state index in [1.54, 1.807) is 11.1 Å². The van der Waals surface area contributed by atoms with Gasteiger partial charge in [-0.2, -0.15) is 0 Å². The van der Waals surface area contributed by atoms with E-state index >= 15 is 0 Å². The first-order valence-corrected chi connectivity index (χ1v) is 5.71. The lowest BCUT2D eigenvalue weighted by atomic mass is 9.80. The zero-order chi connectivity index (χ0) is 9.10. The first kappa shape index (κ1) is 9.05. The van der Waals surface area contributed by atoms with Crippen LogP contribution in [0.5, 0.6) is 0 Å². The Morgan fingerprint density at radius 2 is 2.08 bits per heavy atom. The van der Waals surface area contributed by atoms with Crippen LogP contribution >= 0.6 is 0 Å². The van der Waals surface area contributed by atoms with E-state index in [1.165, 1.54) is 44.9 Å². The van der Waals surface area contributed by atoms with Gasteiger partial charge in [-0.25, -0.2) is 0 Å². The Bertz CT molecular complexity index is 232. The van der Waals surface area contributed by atoms with E-state index in [0.717, 1.165) is 5.92 Å². The highest BCUT2D eigenvalue weighted by Gasteiger charge is 2.17. The first-order chi connectivity index (χ1) is 6.36. The van der Waals surface area contributed by atoms with Crippen LogP contribution in [0.4, 0.5) is 0 Å². The summed E-state index contributed by atoms with van der Waals surface area (Å²) >= 11 is 0. The molecule has 0 saturated carbocycles. The van der Waals surface area contributed by atoms with Gasteiger partial charge in [-0.15, -0.1) is 0 Å². The molecule has 2 aliphatic rings. The van der Waals surface area contributed by atoms with Crippen molar-refractivity contribution in [2.75, 3.05) is 0 Å². The molecule has 0 aromatic rings. The largest absolute Gasteiger partial charge is 0.0850 e. The predicted octanol–water partition coefficient (Wildman–Crippen LogP) is 4.23. The number of hydrogen-bond donors (Lipinski definition) is 0. The van der Waals surface area contributed by atoms with Crippen LogP contribution in [0, 0.1) is 5.92 Å². The fraction of sp³-hybridized carbons (Fsp3) is 0.692. The standard InChI is InChI=1S/C13H20/c1-11-7-9-13(10-8-11)12-5-3-2-4-6-12/h5,7,13H,2-4,6,8-10H2,1H3. The molecular weight excluding hydrogens is 156 g/mol. The normalized spacial score (nSPS) is 29.5. The van der Waals surface area contributed by atoms with Crippen LogP contribution in [-0.4, -0.2) is 0 Å². The van der Waals surface area contributed by atoms with E-state index in [-0.39, 0.29) is 0 Å². The summed E-state index contributed by atoms with van der Waals surface area (Å²) in [6, 6.07) is 0. The minimum absolute atomic E-state index is 0.906. The van der Waals surface area contributed by atoms with E-state index in [1.807, 2.05) is 0 Å². The number of rotatable bonds is 1. The summed E-state index contributed by atoms with van der Waals surface area (Å²) in [5.74, 6) is 0.906. The van der Waals surface area contributed by atoms with Crippen molar-refractivity contribution in [3.05, 3.63) is 23.3 Å². The maximum atomic E-state index is 2.52. The molecule has 0 heteroatoms. The van der Waals surface area contributed by atoms with Crippen LogP contribution in [0.1, 0.15) is 51.9 Å². The monoisotopic (exact) mass is 176 g/mol. The van der Waals surface area contributed by atoms with Gasteiger partial charge in [-0.3, -0.25) is 0 Å². The van der Waals surface area contributed by atoms with Crippen LogP contribution in [0.2, 0.25) is 0 Å². The lowest BCUT2D eigenvalue weighted by molar-refractivity contribution is 0.499. The summed E-state index contributed by atoms with van der Waals surface area (Å²) in [5, 5.41) is 0. The van der Waals surface area contributed by atoms with Crippen LogP contribution in [0.15, 0.2) is 23.3 Å². The highest BCUT2D eigenvalue weighted by Crippen LogP contribution is 2.33. The van der Waals surface area contributed by atoms with Gasteiger partial charge < -0.3 is 0 Å². The molecule has 13 heavy (non-hydrogen) atoms. The van der Waals surface area contributed by atoms with Gasteiger partial charge in [0.15, 0.2) is 0 Å². The SMILES string of the molecule is CC1=CCC(C2=CCCCC2)CC1. The zero-order valence-electron chi connectivity index (χ0n) is 8.68. The molecule has 0 spiro atoms. The quantitative estimate of drug-likeness (QED) is 0.524. The van der Waals surface area contributed by atoms with Crippen LogP contribution in [-0.2, 0) is 0 Å². The second-order valence-electron chi connectivity index (χ2n) is 4.55. The molecule has 72 valence electrons. The van der Waals surface area contributed by atoms with E-state index < -0.39 is 0 Å². The highest BCUT2D eigenvalue weighted by atomic mass is 14.2. The van der Waals surface area contributed by atoms with Crippen molar-refractivity contribution in [3.63, 3.8) is 0 Å². The maximum Gasteiger partial charge on any atom is -0.0166 e. The van der Waals surface area contributed by atoms with Crippen LogP contribution in [0.3, 0.4) is 0 Å². The second-order valence-corrected chi connectivity index (χ2v) is 4.55. The van der Waals surface area contributed by atoms with Gasteiger partial charge in [0, 0.05) is 0 Å². The van der Waals surface area contributed by atoms with Crippen LogP contribution in [0.25, 0.3) is 0 Å². The molecule has 0 aromatic heterocycles. The fourth-order valence-electron chi connectivity index (χ4n) is 2.54. The predicted molar refractivity (Wildman–Crippen MR) is 57.6 cm³/mol. The fourth-order valence-corrected chi connectivity index (χ4v) is 2.54. The molecule has 0 heterocycles. The average Bonchev–Trinajstić information content (AvgIpc) is 2.20. The lowest BCUT2D eigenvalue weighted by Gasteiger charge is -2.25. The summed E-state index contributed by atoms with van der Waals surface area (Å²) in [6.45, 7) is 2.27. The molecule has 0 N–H and O–H groups in total. The van der Waals surface area contributed by atoms with Crippen molar-refractivity contribution in [3.8, 4) is 0 Å². The van der Waals surface area contributed by atoms with Crippen molar-refractivity contribution in [2.24, 2.45) is 5.92 Å². The molecule has 0 radical (unpaired) electrons. The van der Waals surface area contributed by atoms with Gasteiger partial charge in [-0.05, 0) is 57.8 Å². The second kappa shape index (κ2) is 4.13. The topological polar surface area (TPSA) is 0 Å². The van der Waals surface area contributed by atoms with E-state index in [2.05, 4.69) is 19.1 Å². The molecule has 0 bridgehead atoms. The Balaban J connectivity index is 1.98. The number of hydrogen-bond acceptors (Lipinski definition) is 0. The minimum Gasteiger partial charge on any atom is -0.0850 e. The van der Waals surface area contributed by atoms with E-state index in [0.29, 0.717) is 0 Å². The summed E-state index contributed by atoms with van der Waals surface area (Å²) in [5.41, 5.74) is 3.38. The Labute approximate surface area is 81.7 Å². The van der Waals surface area contributed by atoms with Gasteiger partial charge in [-0.1, -0.05) is 23.3 Å². The first-order valence-electron chi connectivity index (χ1n) is 5.71. The Kier molecular flexibility index (Phi) is 2.87. The summed E-state index contributed by atoms with van der Waals surface area (Å²) in [6.07, 6.45) is 14.6. The van der Waals surface area contributed by atoms with Crippen molar-refractivity contribution >= 4 is 0 Å². The molecule has 0 aromatic carbocycles. The third kappa shape index (κ3) is 2.24. The number of allylic oxidation sites excluding steroid dienone is 4. The molecule has 2 rings (SSSR count).